The maximum absolute atomic E-state index is 11.4. The Morgan fingerprint density at radius 2 is 2.31 bits per heavy atom. The van der Waals surface area contributed by atoms with Crippen molar-refractivity contribution in [1.29, 1.82) is 5.26 Å². The van der Waals surface area contributed by atoms with Crippen LogP contribution in [0.4, 0.5) is 0 Å². The molecule has 2 rings (SSSR count). The van der Waals surface area contributed by atoms with Crippen molar-refractivity contribution in [2.75, 3.05) is 0 Å². The summed E-state index contributed by atoms with van der Waals surface area (Å²) >= 11 is 0. The molecule has 1 aliphatic rings. The van der Waals surface area contributed by atoms with E-state index in [1.807, 2.05) is 25.1 Å². The van der Waals surface area contributed by atoms with Gasteiger partial charge in [-0.15, -0.1) is 0 Å². The van der Waals surface area contributed by atoms with E-state index in [-0.39, 0.29) is 11.2 Å². The van der Waals surface area contributed by atoms with Gasteiger partial charge in [-0.2, -0.15) is 5.26 Å². The van der Waals surface area contributed by atoms with Gasteiger partial charge in [0.05, 0.1) is 11.5 Å². The summed E-state index contributed by atoms with van der Waals surface area (Å²) in [7, 11) is 0. The highest BCUT2D eigenvalue weighted by Gasteiger charge is 2.37. The van der Waals surface area contributed by atoms with Crippen LogP contribution in [0.15, 0.2) is 18.2 Å². The van der Waals surface area contributed by atoms with Gasteiger partial charge in [0.2, 0.25) is 0 Å². The van der Waals surface area contributed by atoms with Gasteiger partial charge < -0.3 is 0 Å². The van der Waals surface area contributed by atoms with Crippen LogP contribution in [0.1, 0.15) is 48.2 Å². The molecule has 0 bridgehead atoms. The van der Waals surface area contributed by atoms with E-state index in [4.69, 9.17) is 0 Å². The van der Waals surface area contributed by atoms with Gasteiger partial charge in [0, 0.05) is 5.56 Å². The number of carbonyl (C=O) groups excluding carboxylic acids is 1. The molecule has 0 saturated carbocycles. The summed E-state index contributed by atoms with van der Waals surface area (Å²) in [4.78, 5) is 11.4. The standard InChI is InChI=1S/C14H15NO/c1-3-14(9-15)7-6-11-4-5-12(10(2)16)8-13(11)14/h4-5,8H,3,6-7H2,1-2H3. The lowest BCUT2D eigenvalue weighted by Crippen LogP contribution is -2.19. The quantitative estimate of drug-likeness (QED) is 0.708. The molecule has 0 amide bonds. The largest absolute Gasteiger partial charge is 0.295 e. The van der Waals surface area contributed by atoms with E-state index in [1.54, 1.807) is 6.92 Å². The van der Waals surface area contributed by atoms with E-state index in [0.717, 1.165) is 24.8 Å². The minimum Gasteiger partial charge on any atom is -0.295 e. The van der Waals surface area contributed by atoms with Crippen LogP contribution in [0.2, 0.25) is 0 Å². The van der Waals surface area contributed by atoms with Crippen molar-refractivity contribution in [2.45, 2.75) is 38.5 Å². The highest BCUT2D eigenvalue weighted by Crippen LogP contribution is 2.41. The molecule has 16 heavy (non-hydrogen) atoms. The lowest BCUT2D eigenvalue weighted by Gasteiger charge is -2.20. The fraction of sp³-hybridized carbons (Fsp3) is 0.429. The first-order valence-corrected chi connectivity index (χ1v) is 5.68. The molecule has 1 aromatic rings. The predicted octanol–water partition coefficient (Wildman–Crippen LogP) is 3.01. The summed E-state index contributed by atoms with van der Waals surface area (Å²) in [5.74, 6) is 0.0673. The molecule has 0 aromatic heterocycles. The molecule has 0 saturated heterocycles. The fourth-order valence-electron chi connectivity index (χ4n) is 2.50. The Kier molecular flexibility index (Phi) is 2.55. The molecule has 1 aliphatic carbocycles. The summed E-state index contributed by atoms with van der Waals surface area (Å²) in [6.45, 7) is 3.61. The van der Waals surface area contributed by atoms with Crippen molar-refractivity contribution >= 4 is 5.78 Å². The van der Waals surface area contributed by atoms with Crippen molar-refractivity contribution in [3.05, 3.63) is 34.9 Å². The van der Waals surface area contributed by atoms with Crippen LogP contribution < -0.4 is 0 Å². The van der Waals surface area contributed by atoms with Crippen LogP contribution in [-0.4, -0.2) is 5.78 Å². The fourth-order valence-corrected chi connectivity index (χ4v) is 2.50. The van der Waals surface area contributed by atoms with Gasteiger partial charge in [-0.05, 0) is 43.4 Å². The van der Waals surface area contributed by atoms with Gasteiger partial charge in [0.15, 0.2) is 5.78 Å². The first-order chi connectivity index (χ1) is 7.63. The number of carbonyl (C=O) groups is 1. The Hall–Kier alpha value is -1.62. The Morgan fingerprint density at radius 3 is 2.88 bits per heavy atom. The smallest absolute Gasteiger partial charge is 0.159 e. The minimum absolute atomic E-state index is 0.0673. The van der Waals surface area contributed by atoms with Gasteiger partial charge in [0.25, 0.3) is 0 Å². The molecule has 2 heteroatoms. The Balaban J connectivity index is 2.57. The third-order valence-corrected chi connectivity index (χ3v) is 3.67. The number of nitriles is 1. The van der Waals surface area contributed by atoms with Crippen molar-refractivity contribution in [3.8, 4) is 6.07 Å². The summed E-state index contributed by atoms with van der Waals surface area (Å²) < 4.78 is 0. The summed E-state index contributed by atoms with van der Waals surface area (Å²) in [6, 6.07) is 8.22. The molecule has 1 aromatic carbocycles. The molecule has 0 fully saturated rings. The molecule has 1 atom stereocenters. The molecule has 0 radical (unpaired) electrons. The van der Waals surface area contributed by atoms with Gasteiger partial charge in [0.1, 0.15) is 0 Å². The molecular weight excluding hydrogens is 198 g/mol. The average molecular weight is 213 g/mol. The van der Waals surface area contributed by atoms with Crippen LogP contribution in [0, 0.1) is 11.3 Å². The summed E-state index contributed by atoms with van der Waals surface area (Å²) in [6.07, 6.45) is 2.66. The summed E-state index contributed by atoms with van der Waals surface area (Å²) in [5.41, 5.74) is 2.66. The van der Waals surface area contributed by atoms with Crippen molar-refractivity contribution in [2.24, 2.45) is 0 Å². The number of hydrogen-bond acceptors (Lipinski definition) is 2. The molecular formula is C14H15NO. The third kappa shape index (κ3) is 1.44. The molecule has 0 heterocycles. The Labute approximate surface area is 95.9 Å². The third-order valence-electron chi connectivity index (χ3n) is 3.67. The maximum atomic E-state index is 11.4. The molecule has 0 aliphatic heterocycles. The maximum Gasteiger partial charge on any atom is 0.159 e. The van der Waals surface area contributed by atoms with Crippen LogP contribution in [0.5, 0.6) is 0 Å². The molecule has 82 valence electrons. The Morgan fingerprint density at radius 1 is 1.56 bits per heavy atom. The minimum atomic E-state index is -0.360. The van der Waals surface area contributed by atoms with Gasteiger partial charge in [-0.3, -0.25) is 4.79 Å². The normalized spacial score (nSPS) is 22.6. The Bertz CT molecular complexity index is 484. The van der Waals surface area contributed by atoms with Crippen molar-refractivity contribution < 1.29 is 4.79 Å². The number of aryl methyl sites for hydroxylation is 1. The van der Waals surface area contributed by atoms with E-state index in [1.165, 1.54) is 5.56 Å². The van der Waals surface area contributed by atoms with Crippen LogP contribution in [0.3, 0.4) is 0 Å². The lowest BCUT2D eigenvalue weighted by atomic mass is 9.80. The lowest BCUT2D eigenvalue weighted by molar-refractivity contribution is 0.101. The van der Waals surface area contributed by atoms with Crippen LogP contribution in [0.25, 0.3) is 0 Å². The second-order valence-corrected chi connectivity index (χ2v) is 4.48. The van der Waals surface area contributed by atoms with Gasteiger partial charge in [-0.25, -0.2) is 0 Å². The topological polar surface area (TPSA) is 40.9 Å². The molecule has 0 spiro atoms. The zero-order chi connectivity index (χ0) is 11.8. The molecule has 1 unspecified atom stereocenters. The summed E-state index contributed by atoms with van der Waals surface area (Å²) in [5, 5.41) is 9.36. The SMILES string of the molecule is CCC1(C#N)CCc2ccc(C(C)=O)cc21. The van der Waals surface area contributed by atoms with Gasteiger partial charge >= 0.3 is 0 Å². The first-order valence-electron chi connectivity index (χ1n) is 5.68. The van der Waals surface area contributed by atoms with E-state index < -0.39 is 0 Å². The number of ketones is 1. The molecule has 2 nitrogen and oxygen atoms in total. The number of benzene rings is 1. The van der Waals surface area contributed by atoms with Crippen molar-refractivity contribution in [1.82, 2.24) is 0 Å². The first kappa shape index (κ1) is 10.9. The number of rotatable bonds is 2. The monoisotopic (exact) mass is 213 g/mol. The zero-order valence-electron chi connectivity index (χ0n) is 9.71. The van der Waals surface area contributed by atoms with E-state index in [2.05, 4.69) is 6.07 Å². The van der Waals surface area contributed by atoms with Crippen LogP contribution >= 0.6 is 0 Å². The van der Waals surface area contributed by atoms with E-state index >= 15 is 0 Å². The number of fused-ring (bicyclic) bond motifs is 1. The average Bonchev–Trinajstić information content (AvgIpc) is 2.67. The zero-order valence-corrected chi connectivity index (χ0v) is 9.71. The number of Topliss-reactive ketones (excluding diaryl/α,β-unsaturated/α-hetero) is 1. The highest BCUT2D eigenvalue weighted by atomic mass is 16.1. The highest BCUT2D eigenvalue weighted by molar-refractivity contribution is 5.94. The molecule has 0 N–H and O–H groups in total. The van der Waals surface area contributed by atoms with E-state index in [9.17, 15) is 10.1 Å². The van der Waals surface area contributed by atoms with Gasteiger partial charge in [-0.1, -0.05) is 19.1 Å². The van der Waals surface area contributed by atoms with E-state index in [0.29, 0.717) is 5.56 Å². The van der Waals surface area contributed by atoms with Crippen LogP contribution in [-0.2, 0) is 11.8 Å². The predicted molar refractivity (Wildman–Crippen MR) is 62.3 cm³/mol. The number of nitrogens with zero attached hydrogens (tertiary/aromatic N) is 1. The second kappa shape index (κ2) is 3.75. The van der Waals surface area contributed by atoms with Crippen molar-refractivity contribution in [3.63, 3.8) is 0 Å². The second-order valence-electron chi connectivity index (χ2n) is 4.48. The number of hydrogen-bond donors (Lipinski definition) is 0.